The molecule has 2 aliphatic rings. The number of nitrogens with one attached hydrogen (secondary N) is 2. The Hall–Kier alpha value is -2.48. The smallest absolute Gasteiger partial charge is 0.410 e. The maximum absolute atomic E-state index is 12.7. The molecule has 2 N–H and O–H groups in total. The maximum Gasteiger partial charge on any atom is 0.410 e. The Balaban J connectivity index is 1.55. The fraction of sp³-hybridized carbons (Fsp3) is 0.619. The first-order valence-corrected chi connectivity index (χ1v) is 10.4. The first-order valence-electron chi connectivity index (χ1n) is 10.4. The van der Waals surface area contributed by atoms with Gasteiger partial charge in [-0.25, -0.2) is 4.79 Å². The highest BCUT2D eigenvalue weighted by Gasteiger charge is 2.27. The van der Waals surface area contributed by atoms with Crippen molar-refractivity contribution in [2.24, 2.45) is 5.92 Å². The van der Waals surface area contributed by atoms with E-state index in [1.807, 2.05) is 18.2 Å². The first kappa shape index (κ1) is 21.2. The molecule has 8 nitrogen and oxygen atoms in total. The lowest BCUT2D eigenvalue weighted by Gasteiger charge is -2.32. The maximum atomic E-state index is 12.7. The molecule has 0 aromatic heterocycles. The molecule has 1 saturated heterocycles. The third-order valence-electron chi connectivity index (χ3n) is 5.32. The van der Waals surface area contributed by atoms with Gasteiger partial charge in [-0.3, -0.25) is 9.69 Å². The minimum Gasteiger partial charge on any atom is -0.486 e. The molecule has 160 valence electrons. The van der Waals surface area contributed by atoms with E-state index >= 15 is 0 Å². The molecule has 0 bridgehead atoms. The Morgan fingerprint density at radius 3 is 2.52 bits per heavy atom. The number of benzene rings is 1. The summed E-state index contributed by atoms with van der Waals surface area (Å²) in [6.07, 6.45) is -0.269. The summed E-state index contributed by atoms with van der Waals surface area (Å²) < 4.78 is 16.3. The van der Waals surface area contributed by atoms with Crippen LogP contribution in [0.3, 0.4) is 0 Å². The summed E-state index contributed by atoms with van der Waals surface area (Å²) in [6, 6.07) is 5.76. The molecule has 1 aromatic rings. The van der Waals surface area contributed by atoms with Crippen LogP contribution in [0.2, 0.25) is 0 Å². The summed E-state index contributed by atoms with van der Waals surface area (Å²) in [4.78, 5) is 27.4. The second-order valence-corrected chi connectivity index (χ2v) is 7.81. The SMILES string of the molecule is CCOC(=O)N1CC[NH+](CC(=O)N[C@H](c2ccc3c(c2)OCCO3)C(C)C)CC1. The van der Waals surface area contributed by atoms with Crippen LogP contribution in [0.15, 0.2) is 18.2 Å². The molecule has 2 heterocycles. The summed E-state index contributed by atoms with van der Waals surface area (Å²) in [5.74, 6) is 1.72. The quantitative estimate of drug-likeness (QED) is 0.724. The van der Waals surface area contributed by atoms with Gasteiger partial charge in [0.15, 0.2) is 18.0 Å². The zero-order valence-electron chi connectivity index (χ0n) is 17.5. The van der Waals surface area contributed by atoms with Crippen molar-refractivity contribution in [1.82, 2.24) is 10.2 Å². The highest BCUT2D eigenvalue weighted by molar-refractivity contribution is 5.77. The zero-order chi connectivity index (χ0) is 20.8. The monoisotopic (exact) mass is 406 g/mol. The Bertz CT molecular complexity index is 716. The lowest BCUT2D eigenvalue weighted by molar-refractivity contribution is -0.896. The second-order valence-electron chi connectivity index (χ2n) is 7.81. The average Bonchev–Trinajstić information content (AvgIpc) is 2.72. The number of rotatable bonds is 6. The van der Waals surface area contributed by atoms with E-state index in [9.17, 15) is 9.59 Å². The molecule has 0 spiro atoms. The van der Waals surface area contributed by atoms with Crippen LogP contribution in [0.4, 0.5) is 4.79 Å². The van der Waals surface area contributed by atoms with Crippen molar-refractivity contribution in [2.45, 2.75) is 26.8 Å². The second kappa shape index (κ2) is 9.82. The predicted octanol–water partition coefficient (Wildman–Crippen LogP) is 0.628. The van der Waals surface area contributed by atoms with Gasteiger partial charge in [-0.2, -0.15) is 0 Å². The summed E-state index contributed by atoms with van der Waals surface area (Å²) in [6.45, 7) is 10.5. The van der Waals surface area contributed by atoms with Gasteiger partial charge in [0.1, 0.15) is 13.2 Å². The van der Waals surface area contributed by atoms with Gasteiger partial charge >= 0.3 is 6.09 Å². The Kier molecular flexibility index (Phi) is 7.19. The van der Waals surface area contributed by atoms with Crippen LogP contribution >= 0.6 is 0 Å². The van der Waals surface area contributed by atoms with Gasteiger partial charge in [0.05, 0.1) is 38.8 Å². The third kappa shape index (κ3) is 5.53. The number of carbonyl (C=O) groups excluding carboxylic acids is 2. The average molecular weight is 407 g/mol. The summed E-state index contributed by atoms with van der Waals surface area (Å²) in [7, 11) is 0. The van der Waals surface area contributed by atoms with Crippen LogP contribution in [-0.2, 0) is 9.53 Å². The van der Waals surface area contributed by atoms with Gasteiger partial charge < -0.3 is 24.4 Å². The van der Waals surface area contributed by atoms with E-state index in [4.69, 9.17) is 14.2 Å². The first-order chi connectivity index (χ1) is 14.0. The van der Waals surface area contributed by atoms with E-state index in [1.54, 1.807) is 11.8 Å². The van der Waals surface area contributed by atoms with Crippen molar-refractivity contribution in [3.05, 3.63) is 23.8 Å². The molecule has 8 heteroatoms. The van der Waals surface area contributed by atoms with Crippen molar-refractivity contribution >= 4 is 12.0 Å². The number of nitrogens with zero attached hydrogens (tertiary/aromatic N) is 1. The fourth-order valence-electron chi connectivity index (χ4n) is 3.74. The van der Waals surface area contributed by atoms with Crippen LogP contribution in [0.25, 0.3) is 0 Å². The zero-order valence-corrected chi connectivity index (χ0v) is 17.5. The molecular weight excluding hydrogens is 374 g/mol. The number of ether oxygens (including phenoxy) is 3. The van der Waals surface area contributed by atoms with E-state index in [1.165, 1.54) is 4.90 Å². The Morgan fingerprint density at radius 1 is 1.17 bits per heavy atom. The van der Waals surface area contributed by atoms with Crippen LogP contribution in [0.1, 0.15) is 32.4 Å². The van der Waals surface area contributed by atoms with Crippen molar-refractivity contribution < 1.29 is 28.7 Å². The number of hydrogen-bond donors (Lipinski definition) is 2. The molecule has 0 saturated carbocycles. The number of hydrogen-bond acceptors (Lipinski definition) is 5. The van der Waals surface area contributed by atoms with Crippen molar-refractivity contribution in [1.29, 1.82) is 0 Å². The number of carbonyl (C=O) groups is 2. The molecule has 0 aliphatic carbocycles. The molecule has 3 rings (SSSR count). The van der Waals surface area contributed by atoms with Gasteiger partial charge in [-0.05, 0) is 30.5 Å². The minimum absolute atomic E-state index is 0.0122. The van der Waals surface area contributed by atoms with Gasteiger partial charge in [-0.15, -0.1) is 0 Å². The van der Waals surface area contributed by atoms with E-state index < -0.39 is 0 Å². The number of piperazine rings is 1. The lowest BCUT2D eigenvalue weighted by Crippen LogP contribution is -3.15. The molecule has 1 aromatic carbocycles. The largest absolute Gasteiger partial charge is 0.486 e. The number of amides is 2. The van der Waals surface area contributed by atoms with Crippen LogP contribution < -0.4 is 19.7 Å². The molecule has 29 heavy (non-hydrogen) atoms. The number of fused-ring (bicyclic) bond motifs is 1. The molecule has 1 fully saturated rings. The third-order valence-corrected chi connectivity index (χ3v) is 5.32. The predicted molar refractivity (Wildman–Crippen MR) is 107 cm³/mol. The van der Waals surface area contributed by atoms with Crippen molar-refractivity contribution in [3.63, 3.8) is 0 Å². The lowest BCUT2D eigenvalue weighted by atomic mass is 9.95. The molecule has 2 amide bonds. The van der Waals surface area contributed by atoms with Gasteiger partial charge in [0, 0.05) is 0 Å². The molecule has 0 unspecified atom stereocenters. The van der Waals surface area contributed by atoms with Crippen molar-refractivity contribution in [2.75, 3.05) is 52.5 Å². The van der Waals surface area contributed by atoms with Crippen LogP contribution in [0.5, 0.6) is 11.5 Å². The molecular formula is C21H32N3O5+. The number of quaternary nitrogens is 1. The summed E-state index contributed by atoms with van der Waals surface area (Å²) in [5.41, 5.74) is 1.01. The van der Waals surface area contributed by atoms with E-state index in [0.717, 1.165) is 30.2 Å². The van der Waals surface area contributed by atoms with Gasteiger partial charge in [0.25, 0.3) is 5.91 Å². The van der Waals surface area contributed by atoms with E-state index in [2.05, 4.69) is 19.2 Å². The summed E-state index contributed by atoms with van der Waals surface area (Å²) in [5, 5.41) is 3.18. The molecule has 1 atom stereocenters. The van der Waals surface area contributed by atoms with E-state index in [0.29, 0.717) is 39.5 Å². The topological polar surface area (TPSA) is 81.5 Å². The highest BCUT2D eigenvalue weighted by atomic mass is 16.6. The molecule has 2 aliphatic heterocycles. The normalized spacial score (nSPS) is 17.7. The Morgan fingerprint density at radius 2 is 1.86 bits per heavy atom. The molecule has 0 radical (unpaired) electrons. The van der Waals surface area contributed by atoms with Crippen LogP contribution in [-0.4, -0.2) is 69.4 Å². The van der Waals surface area contributed by atoms with Crippen molar-refractivity contribution in [3.8, 4) is 11.5 Å². The standard InChI is InChI=1S/C21H31N3O5/c1-4-27-21(26)24-9-7-23(8-10-24)14-19(25)22-20(15(2)3)16-5-6-17-18(13-16)29-12-11-28-17/h5-6,13,15,20H,4,7-12,14H2,1-3H3,(H,22,25)/p+1/t20-/m0/s1. The Labute approximate surface area is 172 Å². The highest BCUT2D eigenvalue weighted by Crippen LogP contribution is 2.34. The van der Waals surface area contributed by atoms with E-state index in [-0.39, 0.29) is 24.0 Å². The minimum atomic E-state index is -0.269. The summed E-state index contributed by atoms with van der Waals surface area (Å²) >= 11 is 0. The van der Waals surface area contributed by atoms with Crippen LogP contribution in [0, 0.1) is 5.92 Å². The fourth-order valence-corrected chi connectivity index (χ4v) is 3.74. The van der Waals surface area contributed by atoms with Gasteiger partial charge in [0.2, 0.25) is 0 Å². The van der Waals surface area contributed by atoms with Gasteiger partial charge in [-0.1, -0.05) is 19.9 Å².